The molecule has 0 aliphatic rings. The lowest BCUT2D eigenvalue weighted by Crippen LogP contribution is -2.00. The summed E-state index contributed by atoms with van der Waals surface area (Å²) in [4.78, 5) is 0. The van der Waals surface area contributed by atoms with E-state index in [1.54, 1.807) is 16.9 Å². The van der Waals surface area contributed by atoms with Gasteiger partial charge in [0.25, 0.3) is 0 Å². The van der Waals surface area contributed by atoms with Crippen molar-refractivity contribution in [1.82, 2.24) is 9.78 Å². The summed E-state index contributed by atoms with van der Waals surface area (Å²) < 4.78 is 1.72. The topological polar surface area (TPSA) is 41.6 Å². The molecule has 0 atom stereocenters. The van der Waals surface area contributed by atoms with Gasteiger partial charge in [-0.1, -0.05) is 12.1 Å². The molecule has 14 heavy (non-hydrogen) atoms. The maximum absolute atomic E-state index is 8.95. The number of para-hydroxylation sites is 1. The maximum atomic E-state index is 8.95. The van der Waals surface area contributed by atoms with Crippen molar-refractivity contribution < 1.29 is 0 Å². The van der Waals surface area contributed by atoms with E-state index in [0.29, 0.717) is 5.56 Å². The minimum absolute atomic E-state index is 0.647. The van der Waals surface area contributed by atoms with Crippen molar-refractivity contribution in [2.45, 2.75) is 6.92 Å². The molecule has 0 fully saturated rings. The zero-order valence-electron chi connectivity index (χ0n) is 7.81. The molecule has 0 bridgehead atoms. The number of nitriles is 1. The summed E-state index contributed by atoms with van der Waals surface area (Å²) in [6, 6.07) is 9.65. The predicted octanol–water partition coefficient (Wildman–Crippen LogP) is 2.05. The van der Waals surface area contributed by atoms with Gasteiger partial charge in [0.15, 0.2) is 0 Å². The van der Waals surface area contributed by atoms with Gasteiger partial charge in [-0.15, -0.1) is 0 Å². The first-order valence-electron chi connectivity index (χ1n) is 4.32. The van der Waals surface area contributed by atoms with Crippen molar-refractivity contribution in [3.8, 4) is 11.8 Å². The highest BCUT2D eigenvalue weighted by Gasteiger charge is 2.06. The molecular formula is C11H9N3. The lowest BCUT2D eigenvalue weighted by molar-refractivity contribution is 0.869. The number of aryl methyl sites for hydroxylation is 1. The van der Waals surface area contributed by atoms with Crippen LogP contribution in [0.3, 0.4) is 0 Å². The fraction of sp³-hybridized carbons (Fsp3) is 0.0909. The molecule has 3 nitrogen and oxygen atoms in total. The van der Waals surface area contributed by atoms with Crippen LogP contribution in [-0.4, -0.2) is 9.78 Å². The fourth-order valence-electron chi connectivity index (χ4n) is 1.45. The van der Waals surface area contributed by atoms with E-state index < -0.39 is 0 Å². The van der Waals surface area contributed by atoms with Crippen molar-refractivity contribution in [3.63, 3.8) is 0 Å². The van der Waals surface area contributed by atoms with E-state index in [4.69, 9.17) is 5.26 Å². The van der Waals surface area contributed by atoms with E-state index in [1.165, 1.54) is 0 Å². The molecule has 1 heterocycles. The van der Waals surface area contributed by atoms with Crippen molar-refractivity contribution >= 4 is 0 Å². The summed E-state index contributed by atoms with van der Waals surface area (Å²) in [6.07, 6.45) is 3.54. The average Bonchev–Trinajstić information content (AvgIpc) is 2.70. The first-order chi connectivity index (χ1) is 6.83. The Morgan fingerprint density at radius 1 is 1.36 bits per heavy atom. The lowest BCUT2D eigenvalue weighted by Gasteiger charge is -2.06. The highest BCUT2D eigenvalue weighted by molar-refractivity contribution is 5.52. The summed E-state index contributed by atoms with van der Waals surface area (Å²) in [7, 11) is 0. The number of hydrogen-bond donors (Lipinski definition) is 0. The zero-order valence-corrected chi connectivity index (χ0v) is 7.81. The standard InChI is InChI=1S/C11H9N3/c1-9-4-2-5-10(8-12)11(9)14-7-3-6-13-14/h2-7H,1H3. The summed E-state index contributed by atoms with van der Waals surface area (Å²) >= 11 is 0. The van der Waals surface area contributed by atoms with Gasteiger partial charge in [0.1, 0.15) is 6.07 Å². The molecule has 0 radical (unpaired) electrons. The summed E-state index contributed by atoms with van der Waals surface area (Å²) in [5, 5.41) is 13.1. The Bertz CT molecular complexity index is 478. The van der Waals surface area contributed by atoms with Gasteiger partial charge < -0.3 is 0 Å². The van der Waals surface area contributed by atoms with E-state index in [9.17, 15) is 0 Å². The van der Waals surface area contributed by atoms with E-state index in [1.807, 2.05) is 31.3 Å². The third kappa shape index (κ3) is 1.27. The largest absolute Gasteiger partial charge is 0.239 e. The minimum atomic E-state index is 0.647. The van der Waals surface area contributed by atoms with Gasteiger partial charge in [-0.3, -0.25) is 0 Å². The van der Waals surface area contributed by atoms with E-state index in [-0.39, 0.29) is 0 Å². The number of nitrogens with zero attached hydrogens (tertiary/aromatic N) is 3. The molecule has 0 saturated heterocycles. The molecule has 1 aromatic heterocycles. The SMILES string of the molecule is Cc1cccc(C#N)c1-n1cccn1. The van der Waals surface area contributed by atoms with Crippen LogP contribution in [0.1, 0.15) is 11.1 Å². The monoisotopic (exact) mass is 183 g/mol. The molecular weight excluding hydrogens is 174 g/mol. The molecule has 2 rings (SSSR count). The third-order valence-corrected chi connectivity index (χ3v) is 2.09. The van der Waals surface area contributed by atoms with Gasteiger partial charge in [0, 0.05) is 12.4 Å². The number of hydrogen-bond acceptors (Lipinski definition) is 2. The number of benzene rings is 1. The van der Waals surface area contributed by atoms with Gasteiger partial charge in [0.2, 0.25) is 0 Å². The number of rotatable bonds is 1. The Kier molecular flexibility index (Phi) is 2.04. The van der Waals surface area contributed by atoms with Gasteiger partial charge in [-0.2, -0.15) is 10.4 Å². The molecule has 2 aromatic rings. The Morgan fingerprint density at radius 3 is 2.86 bits per heavy atom. The second-order valence-electron chi connectivity index (χ2n) is 3.03. The van der Waals surface area contributed by atoms with Crippen LogP contribution in [0.4, 0.5) is 0 Å². The second kappa shape index (κ2) is 3.35. The molecule has 0 unspecified atom stereocenters. The molecule has 0 spiro atoms. The van der Waals surface area contributed by atoms with Crippen molar-refractivity contribution in [1.29, 1.82) is 5.26 Å². The van der Waals surface area contributed by atoms with Crippen molar-refractivity contribution in [3.05, 3.63) is 47.8 Å². The Labute approximate surface area is 82.2 Å². The normalized spacial score (nSPS) is 9.71. The summed E-state index contributed by atoms with van der Waals surface area (Å²) in [5.74, 6) is 0. The quantitative estimate of drug-likeness (QED) is 0.679. The molecule has 68 valence electrons. The molecule has 0 amide bonds. The Hall–Kier alpha value is -2.08. The summed E-state index contributed by atoms with van der Waals surface area (Å²) in [5.41, 5.74) is 2.56. The van der Waals surface area contributed by atoms with Crippen LogP contribution >= 0.6 is 0 Å². The number of aromatic nitrogens is 2. The van der Waals surface area contributed by atoms with Crippen LogP contribution in [0, 0.1) is 18.3 Å². The summed E-state index contributed by atoms with van der Waals surface area (Å²) in [6.45, 7) is 1.97. The zero-order chi connectivity index (χ0) is 9.97. The van der Waals surface area contributed by atoms with Crippen LogP contribution in [0.2, 0.25) is 0 Å². The molecule has 0 aliphatic carbocycles. The second-order valence-corrected chi connectivity index (χ2v) is 3.03. The first-order valence-corrected chi connectivity index (χ1v) is 4.32. The molecule has 3 heteroatoms. The third-order valence-electron chi connectivity index (χ3n) is 2.09. The van der Waals surface area contributed by atoms with Crippen LogP contribution < -0.4 is 0 Å². The van der Waals surface area contributed by atoms with Gasteiger partial charge in [-0.05, 0) is 24.6 Å². The van der Waals surface area contributed by atoms with E-state index in [0.717, 1.165) is 11.3 Å². The van der Waals surface area contributed by atoms with Crippen LogP contribution in [0.25, 0.3) is 5.69 Å². The van der Waals surface area contributed by atoms with Crippen LogP contribution in [0.5, 0.6) is 0 Å². The molecule has 0 N–H and O–H groups in total. The maximum Gasteiger partial charge on any atom is 0.101 e. The smallest absolute Gasteiger partial charge is 0.101 e. The first kappa shape index (κ1) is 8.52. The van der Waals surface area contributed by atoms with E-state index >= 15 is 0 Å². The van der Waals surface area contributed by atoms with Crippen molar-refractivity contribution in [2.24, 2.45) is 0 Å². The van der Waals surface area contributed by atoms with E-state index in [2.05, 4.69) is 11.2 Å². The Morgan fingerprint density at radius 2 is 2.21 bits per heavy atom. The van der Waals surface area contributed by atoms with Gasteiger partial charge in [-0.25, -0.2) is 4.68 Å². The van der Waals surface area contributed by atoms with Crippen LogP contribution in [-0.2, 0) is 0 Å². The molecule has 0 saturated carbocycles. The Balaban J connectivity index is 2.69. The van der Waals surface area contributed by atoms with Crippen molar-refractivity contribution in [2.75, 3.05) is 0 Å². The fourth-order valence-corrected chi connectivity index (χ4v) is 1.45. The average molecular weight is 183 g/mol. The highest BCUT2D eigenvalue weighted by atomic mass is 15.3. The molecule has 0 aliphatic heterocycles. The van der Waals surface area contributed by atoms with Gasteiger partial charge >= 0.3 is 0 Å². The van der Waals surface area contributed by atoms with Crippen LogP contribution in [0.15, 0.2) is 36.7 Å². The predicted molar refractivity (Wildman–Crippen MR) is 53.0 cm³/mol. The minimum Gasteiger partial charge on any atom is -0.239 e. The molecule has 1 aromatic carbocycles. The highest BCUT2D eigenvalue weighted by Crippen LogP contribution is 2.17. The lowest BCUT2D eigenvalue weighted by atomic mass is 10.1. The van der Waals surface area contributed by atoms with Gasteiger partial charge in [0.05, 0.1) is 11.3 Å².